The summed E-state index contributed by atoms with van der Waals surface area (Å²) < 4.78 is 5.43. The van der Waals surface area contributed by atoms with Gasteiger partial charge < -0.3 is 9.64 Å². The molecule has 118 valence electrons. The van der Waals surface area contributed by atoms with Crippen molar-refractivity contribution in [1.82, 2.24) is 9.80 Å². The van der Waals surface area contributed by atoms with Crippen LogP contribution >= 0.6 is 11.3 Å². The van der Waals surface area contributed by atoms with Gasteiger partial charge in [-0.15, -0.1) is 11.3 Å². The average Bonchev–Trinajstić information content (AvgIpc) is 3.04. The third kappa shape index (κ3) is 3.17. The van der Waals surface area contributed by atoms with E-state index in [9.17, 15) is 4.79 Å². The number of nitriles is 1. The van der Waals surface area contributed by atoms with Crippen molar-refractivity contribution < 1.29 is 9.53 Å². The molecule has 0 aromatic carbocycles. The Morgan fingerprint density at radius 1 is 1.36 bits per heavy atom. The van der Waals surface area contributed by atoms with Gasteiger partial charge in [-0.1, -0.05) is 0 Å². The first-order chi connectivity index (χ1) is 10.7. The summed E-state index contributed by atoms with van der Waals surface area (Å²) in [7, 11) is 0. The smallest absolute Gasteiger partial charge is 0.264 e. The van der Waals surface area contributed by atoms with E-state index in [0.29, 0.717) is 15.8 Å². The summed E-state index contributed by atoms with van der Waals surface area (Å²) in [6.07, 6.45) is 2.19. The largest absolute Gasteiger partial charge is 0.381 e. The van der Waals surface area contributed by atoms with Crippen molar-refractivity contribution in [2.45, 2.75) is 31.8 Å². The van der Waals surface area contributed by atoms with Crippen LogP contribution in [0, 0.1) is 11.3 Å². The predicted octanol–water partition coefficient (Wildman–Crippen LogP) is 1.95. The summed E-state index contributed by atoms with van der Waals surface area (Å²) in [5.41, 5.74) is 0. The molecular formula is C16H21N3O2S. The van der Waals surface area contributed by atoms with Crippen LogP contribution in [0.1, 0.15) is 34.3 Å². The first kappa shape index (κ1) is 15.5. The lowest BCUT2D eigenvalue weighted by Crippen LogP contribution is -2.57. The van der Waals surface area contributed by atoms with Crippen LogP contribution < -0.4 is 0 Å². The lowest BCUT2D eigenvalue weighted by atomic mass is 10.0. The van der Waals surface area contributed by atoms with E-state index in [0.717, 1.165) is 45.7 Å². The number of rotatable bonds is 2. The molecule has 2 fully saturated rings. The van der Waals surface area contributed by atoms with E-state index in [2.05, 4.69) is 17.9 Å². The minimum atomic E-state index is 0.0608. The number of hydrogen-bond donors (Lipinski definition) is 0. The quantitative estimate of drug-likeness (QED) is 0.836. The van der Waals surface area contributed by atoms with Crippen molar-refractivity contribution in [1.29, 1.82) is 5.26 Å². The first-order valence-electron chi connectivity index (χ1n) is 7.81. The van der Waals surface area contributed by atoms with E-state index in [4.69, 9.17) is 10.00 Å². The van der Waals surface area contributed by atoms with E-state index in [-0.39, 0.29) is 11.9 Å². The number of nitrogens with zero attached hydrogens (tertiary/aromatic N) is 3. The number of carbonyl (C=O) groups excluding carboxylic acids is 1. The van der Waals surface area contributed by atoms with Crippen molar-refractivity contribution in [3.8, 4) is 6.07 Å². The Kier molecular flexibility index (Phi) is 4.77. The fourth-order valence-corrected chi connectivity index (χ4v) is 4.08. The van der Waals surface area contributed by atoms with Gasteiger partial charge in [0.05, 0.1) is 4.88 Å². The van der Waals surface area contributed by atoms with Gasteiger partial charge in [0.1, 0.15) is 10.9 Å². The maximum absolute atomic E-state index is 12.6. The highest BCUT2D eigenvalue weighted by Gasteiger charge is 2.32. The van der Waals surface area contributed by atoms with E-state index >= 15 is 0 Å². The number of piperazine rings is 1. The highest BCUT2D eigenvalue weighted by Crippen LogP contribution is 2.23. The molecule has 0 radical (unpaired) electrons. The minimum absolute atomic E-state index is 0.0608. The lowest BCUT2D eigenvalue weighted by Gasteiger charge is -2.44. The standard InChI is InChI=1S/C16H21N3O2S/c1-12-11-18(13-4-8-21-9-5-13)6-7-19(12)16(20)15-3-2-14(10-17)22-15/h2-3,12-13H,4-9,11H2,1H3/t12-/m1/s1. The molecule has 3 rings (SSSR count). The zero-order valence-corrected chi connectivity index (χ0v) is 13.6. The van der Waals surface area contributed by atoms with Crippen LogP contribution in [0.4, 0.5) is 0 Å². The molecule has 1 aromatic rings. The Morgan fingerprint density at radius 3 is 2.77 bits per heavy atom. The van der Waals surface area contributed by atoms with Crippen LogP contribution in [0.15, 0.2) is 12.1 Å². The van der Waals surface area contributed by atoms with Crippen molar-refractivity contribution in [2.24, 2.45) is 0 Å². The summed E-state index contributed by atoms with van der Waals surface area (Å²) in [6, 6.07) is 6.39. The molecule has 1 aromatic heterocycles. The molecule has 0 aliphatic carbocycles. The van der Waals surface area contributed by atoms with Crippen LogP contribution in [0.2, 0.25) is 0 Å². The molecule has 6 heteroatoms. The zero-order valence-electron chi connectivity index (χ0n) is 12.8. The Morgan fingerprint density at radius 2 is 2.14 bits per heavy atom. The number of hydrogen-bond acceptors (Lipinski definition) is 5. The number of thiophene rings is 1. The third-order valence-electron chi connectivity index (χ3n) is 4.55. The van der Waals surface area contributed by atoms with Gasteiger partial charge in [-0.2, -0.15) is 5.26 Å². The van der Waals surface area contributed by atoms with Crippen LogP contribution in [0.25, 0.3) is 0 Å². The summed E-state index contributed by atoms with van der Waals surface area (Å²) in [4.78, 5) is 18.3. The van der Waals surface area contributed by atoms with E-state index < -0.39 is 0 Å². The van der Waals surface area contributed by atoms with Gasteiger partial charge in [0, 0.05) is 44.9 Å². The maximum atomic E-state index is 12.6. The molecule has 0 N–H and O–H groups in total. The van der Waals surface area contributed by atoms with Crippen molar-refractivity contribution in [3.63, 3.8) is 0 Å². The molecule has 0 unspecified atom stereocenters. The maximum Gasteiger partial charge on any atom is 0.264 e. The Bertz CT molecular complexity index is 574. The van der Waals surface area contributed by atoms with Crippen LogP contribution in [-0.4, -0.2) is 60.6 Å². The van der Waals surface area contributed by atoms with Gasteiger partial charge in [-0.25, -0.2) is 0 Å². The second-order valence-electron chi connectivity index (χ2n) is 5.96. The van der Waals surface area contributed by atoms with Crippen molar-refractivity contribution in [2.75, 3.05) is 32.8 Å². The number of ether oxygens (including phenoxy) is 1. The second kappa shape index (κ2) is 6.78. The Hall–Kier alpha value is -1.42. The molecule has 0 spiro atoms. The molecule has 0 bridgehead atoms. The third-order valence-corrected chi connectivity index (χ3v) is 5.53. The molecule has 2 aliphatic heterocycles. The average molecular weight is 319 g/mol. The van der Waals surface area contributed by atoms with Crippen LogP contribution in [0.3, 0.4) is 0 Å². The molecule has 2 aliphatic rings. The van der Waals surface area contributed by atoms with Crippen LogP contribution in [0.5, 0.6) is 0 Å². The number of amides is 1. The number of carbonyl (C=O) groups is 1. The fourth-order valence-electron chi connectivity index (χ4n) is 3.32. The first-order valence-corrected chi connectivity index (χ1v) is 8.63. The Labute approximate surface area is 135 Å². The highest BCUT2D eigenvalue weighted by molar-refractivity contribution is 7.14. The summed E-state index contributed by atoms with van der Waals surface area (Å²) in [5, 5.41) is 8.89. The van der Waals surface area contributed by atoms with E-state index in [1.807, 2.05) is 4.90 Å². The van der Waals surface area contributed by atoms with Gasteiger partial charge in [0.25, 0.3) is 5.91 Å². The monoisotopic (exact) mass is 319 g/mol. The second-order valence-corrected chi connectivity index (χ2v) is 7.05. The van der Waals surface area contributed by atoms with Crippen LogP contribution in [-0.2, 0) is 4.74 Å². The fraction of sp³-hybridized carbons (Fsp3) is 0.625. The molecule has 0 saturated carbocycles. The normalized spacial score (nSPS) is 24.2. The summed E-state index contributed by atoms with van der Waals surface area (Å²) in [6.45, 7) is 6.43. The SMILES string of the molecule is C[C@@H]1CN(C2CCOCC2)CCN1C(=O)c1ccc(C#N)s1. The van der Waals surface area contributed by atoms with Gasteiger partial charge in [0.2, 0.25) is 0 Å². The van der Waals surface area contributed by atoms with Gasteiger partial charge >= 0.3 is 0 Å². The summed E-state index contributed by atoms with van der Waals surface area (Å²) in [5.74, 6) is 0.0608. The molecule has 2 saturated heterocycles. The molecule has 22 heavy (non-hydrogen) atoms. The Balaban J connectivity index is 1.62. The van der Waals surface area contributed by atoms with Gasteiger partial charge in [0.15, 0.2) is 0 Å². The van der Waals surface area contributed by atoms with Crippen molar-refractivity contribution in [3.05, 3.63) is 21.9 Å². The zero-order chi connectivity index (χ0) is 15.5. The van der Waals surface area contributed by atoms with E-state index in [1.54, 1.807) is 12.1 Å². The van der Waals surface area contributed by atoms with Gasteiger partial charge in [-0.05, 0) is 31.9 Å². The molecule has 1 amide bonds. The van der Waals surface area contributed by atoms with E-state index in [1.165, 1.54) is 11.3 Å². The highest BCUT2D eigenvalue weighted by atomic mass is 32.1. The molecule has 3 heterocycles. The summed E-state index contributed by atoms with van der Waals surface area (Å²) >= 11 is 1.28. The minimum Gasteiger partial charge on any atom is -0.381 e. The molecule has 1 atom stereocenters. The molecular weight excluding hydrogens is 298 g/mol. The van der Waals surface area contributed by atoms with Crippen molar-refractivity contribution >= 4 is 17.2 Å². The molecule has 5 nitrogen and oxygen atoms in total. The predicted molar refractivity (Wildman–Crippen MR) is 84.9 cm³/mol. The lowest BCUT2D eigenvalue weighted by molar-refractivity contribution is 0.000850. The topological polar surface area (TPSA) is 56.6 Å². The van der Waals surface area contributed by atoms with Gasteiger partial charge in [-0.3, -0.25) is 9.69 Å².